The van der Waals surface area contributed by atoms with Gasteiger partial charge in [0.2, 0.25) is 0 Å². The van der Waals surface area contributed by atoms with Crippen molar-refractivity contribution >= 4 is 11.9 Å². The molecule has 0 heterocycles. The summed E-state index contributed by atoms with van der Waals surface area (Å²) in [6.45, 7) is 8.71. The molecule has 144 valence electrons. The minimum absolute atomic E-state index is 0.278. The fraction of sp³-hybridized carbons (Fsp3) is 0.810. The van der Waals surface area contributed by atoms with Gasteiger partial charge in [-0.1, -0.05) is 66.2 Å². The average molecular weight is 353 g/mol. The van der Waals surface area contributed by atoms with E-state index in [1.165, 1.54) is 38.2 Å². The van der Waals surface area contributed by atoms with Crippen molar-refractivity contribution in [2.75, 3.05) is 13.2 Å². The Hall–Kier alpha value is -1.32. The highest BCUT2D eigenvalue weighted by Crippen LogP contribution is 2.28. The zero-order valence-corrected chi connectivity index (χ0v) is 16.5. The Morgan fingerprint density at radius 2 is 1.56 bits per heavy atom. The summed E-state index contributed by atoms with van der Waals surface area (Å²) in [5, 5.41) is 0. The zero-order valence-electron chi connectivity index (χ0n) is 16.5. The van der Waals surface area contributed by atoms with Crippen LogP contribution >= 0.6 is 0 Å². The maximum Gasteiger partial charge on any atom is 0.334 e. The molecule has 1 fully saturated rings. The lowest BCUT2D eigenvalue weighted by Gasteiger charge is -2.21. The van der Waals surface area contributed by atoms with Crippen molar-refractivity contribution < 1.29 is 19.1 Å². The van der Waals surface area contributed by atoms with E-state index in [1.807, 2.05) is 27.7 Å². The second kappa shape index (κ2) is 12.1. The molecule has 4 nitrogen and oxygen atoms in total. The van der Waals surface area contributed by atoms with Gasteiger partial charge in [-0.2, -0.15) is 0 Å². The summed E-state index contributed by atoms with van der Waals surface area (Å²) in [7, 11) is 0. The Labute approximate surface area is 153 Å². The minimum Gasteiger partial charge on any atom is -0.462 e. The van der Waals surface area contributed by atoms with E-state index in [9.17, 15) is 9.59 Å². The monoisotopic (exact) mass is 352 g/mol. The summed E-state index contributed by atoms with van der Waals surface area (Å²) in [5.74, 6) is 0.511. The summed E-state index contributed by atoms with van der Waals surface area (Å²) in [4.78, 5) is 24.3. The molecule has 4 heteroatoms. The van der Waals surface area contributed by atoms with Crippen LogP contribution in [0.1, 0.15) is 79.1 Å². The second-order valence-electron chi connectivity index (χ2n) is 8.08. The van der Waals surface area contributed by atoms with Gasteiger partial charge in [-0.3, -0.25) is 0 Å². The second-order valence-corrected chi connectivity index (χ2v) is 8.08. The Morgan fingerprint density at radius 1 is 0.960 bits per heavy atom. The van der Waals surface area contributed by atoms with Crippen LogP contribution in [0.15, 0.2) is 11.6 Å². The van der Waals surface area contributed by atoms with Crippen molar-refractivity contribution in [1.82, 2.24) is 0 Å². The number of hydrogen-bond donors (Lipinski definition) is 0. The van der Waals surface area contributed by atoms with Gasteiger partial charge in [0, 0.05) is 11.6 Å². The van der Waals surface area contributed by atoms with E-state index >= 15 is 0 Å². The standard InChI is InChI=1S/C21H36O4/c1-16(2)14-24-20(22)13-19(21(23)25-15-17(3)4)12-8-11-18-9-6-5-7-10-18/h13,16-18H,5-12,14-15H2,1-4H3/b19-13-. The van der Waals surface area contributed by atoms with E-state index < -0.39 is 5.97 Å². The summed E-state index contributed by atoms with van der Waals surface area (Å²) in [5.41, 5.74) is 0.449. The van der Waals surface area contributed by atoms with E-state index in [2.05, 4.69) is 0 Å². The highest BCUT2D eigenvalue weighted by Gasteiger charge is 2.17. The van der Waals surface area contributed by atoms with Gasteiger partial charge in [-0.05, 0) is 30.6 Å². The SMILES string of the molecule is CC(C)COC(=O)/C=C(/CCCC1CCCCC1)C(=O)OCC(C)C. The zero-order chi connectivity index (χ0) is 18.7. The first-order valence-corrected chi connectivity index (χ1v) is 9.93. The molecule has 0 N–H and O–H groups in total. The lowest BCUT2D eigenvalue weighted by molar-refractivity contribution is -0.142. The number of hydrogen-bond acceptors (Lipinski definition) is 4. The van der Waals surface area contributed by atoms with E-state index in [1.54, 1.807) is 0 Å². The molecule has 25 heavy (non-hydrogen) atoms. The average Bonchev–Trinajstić information content (AvgIpc) is 2.57. The van der Waals surface area contributed by atoms with Crippen LogP contribution in [0.25, 0.3) is 0 Å². The van der Waals surface area contributed by atoms with Crippen molar-refractivity contribution in [1.29, 1.82) is 0 Å². The predicted molar refractivity (Wildman–Crippen MR) is 100 cm³/mol. The van der Waals surface area contributed by atoms with Crippen LogP contribution in [-0.2, 0) is 19.1 Å². The smallest absolute Gasteiger partial charge is 0.334 e. The van der Waals surface area contributed by atoms with Crippen LogP contribution in [0.3, 0.4) is 0 Å². The van der Waals surface area contributed by atoms with Gasteiger partial charge in [0.1, 0.15) is 0 Å². The van der Waals surface area contributed by atoms with Gasteiger partial charge in [0.15, 0.2) is 0 Å². The molecule has 1 saturated carbocycles. The van der Waals surface area contributed by atoms with Gasteiger partial charge >= 0.3 is 11.9 Å². The topological polar surface area (TPSA) is 52.6 Å². The van der Waals surface area contributed by atoms with Crippen LogP contribution in [0.4, 0.5) is 0 Å². The van der Waals surface area contributed by atoms with E-state index in [0.717, 1.165) is 18.8 Å². The molecule has 1 rings (SSSR count). The maximum absolute atomic E-state index is 12.3. The molecule has 0 bridgehead atoms. The van der Waals surface area contributed by atoms with Crippen molar-refractivity contribution in [3.63, 3.8) is 0 Å². The van der Waals surface area contributed by atoms with E-state index in [4.69, 9.17) is 9.47 Å². The molecule has 0 spiro atoms. The molecule has 0 aliphatic heterocycles. The lowest BCUT2D eigenvalue weighted by Crippen LogP contribution is -2.15. The van der Waals surface area contributed by atoms with Gasteiger partial charge in [-0.25, -0.2) is 9.59 Å². The van der Waals surface area contributed by atoms with Gasteiger partial charge < -0.3 is 9.47 Å². The molecule has 1 aliphatic rings. The molecule has 0 atom stereocenters. The first-order valence-electron chi connectivity index (χ1n) is 9.93. The highest BCUT2D eigenvalue weighted by molar-refractivity contribution is 5.96. The molecule has 0 saturated heterocycles. The van der Waals surface area contributed by atoms with Gasteiger partial charge in [0.05, 0.1) is 13.2 Å². The highest BCUT2D eigenvalue weighted by atomic mass is 16.5. The van der Waals surface area contributed by atoms with E-state index in [-0.39, 0.29) is 17.8 Å². The Balaban J connectivity index is 2.56. The van der Waals surface area contributed by atoms with Crippen molar-refractivity contribution in [2.45, 2.75) is 79.1 Å². The van der Waals surface area contributed by atoms with E-state index in [0.29, 0.717) is 25.2 Å². The summed E-state index contributed by atoms with van der Waals surface area (Å²) in [6, 6.07) is 0. The number of carbonyl (C=O) groups excluding carboxylic acids is 2. The molecular formula is C21H36O4. The largest absolute Gasteiger partial charge is 0.462 e. The third kappa shape index (κ3) is 10.3. The van der Waals surface area contributed by atoms with Crippen LogP contribution in [0.2, 0.25) is 0 Å². The molecule has 1 aliphatic carbocycles. The van der Waals surface area contributed by atoms with Crippen LogP contribution in [0.5, 0.6) is 0 Å². The molecule has 0 unspecified atom stereocenters. The number of rotatable bonds is 10. The number of esters is 2. The fourth-order valence-corrected chi connectivity index (χ4v) is 3.06. The number of ether oxygens (including phenoxy) is 2. The van der Waals surface area contributed by atoms with Crippen molar-refractivity contribution in [2.24, 2.45) is 17.8 Å². The first-order chi connectivity index (χ1) is 11.9. The Morgan fingerprint density at radius 3 is 2.16 bits per heavy atom. The van der Waals surface area contributed by atoms with Crippen LogP contribution in [-0.4, -0.2) is 25.2 Å². The van der Waals surface area contributed by atoms with Gasteiger partial charge in [0.25, 0.3) is 0 Å². The molecule has 0 amide bonds. The molecule has 0 aromatic heterocycles. The third-order valence-electron chi connectivity index (χ3n) is 4.44. The van der Waals surface area contributed by atoms with Gasteiger partial charge in [-0.15, -0.1) is 0 Å². The minimum atomic E-state index is -0.442. The van der Waals surface area contributed by atoms with Crippen LogP contribution < -0.4 is 0 Å². The quantitative estimate of drug-likeness (QED) is 0.407. The molecule has 0 radical (unpaired) electrons. The third-order valence-corrected chi connectivity index (χ3v) is 4.44. The van der Waals surface area contributed by atoms with Crippen LogP contribution in [0, 0.1) is 17.8 Å². The Kier molecular flexibility index (Phi) is 10.5. The normalized spacial score (nSPS) is 16.3. The fourth-order valence-electron chi connectivity index (χ4n) is 3.06. The molecular weight excluding hydrogens is 316 g/mol. The summed E-state index contributed by atoms with van der Waals surface area (Å²) in [6.07, 6.45) is 10.6. The molecule has 0 aromatic carbocycles. The maximum atomic E-state index is 12.3. The predicted octanol–water partition coefficient (Wildman–Crippen LogP) is 5.06. The first kappa shape index (κ1) is 21.7. The Bertz CT molecular complexity index is 431. The lowest BCUT2D eigenvalue weighted by atomic mass is 9.85. The molecule has 0 aromatic rings. The summed E-state index contributed by atoms with van der Waals surface area (Å²) < 4.78 is 10.5. The van der Waals surface area contributed by atoms with Crippen molar-refractivity contribution in [3.8, 4) is 0 Å². The summed E-state index contributed by atoms with van der Waals surface area (Å²) >= 11 is 0. The number of carbonyl (C=O) groups is 2. The van der Waals surface area contributed by atoms with Crippen molar-refractivity contribution in [3.05, 3.63) is 11.6 Å².